The summed E-state index contributed by atoms with van der Waals surface area (Å²) in [6.07, 6.45) is 1.03. The molecule has 0 saturated carbocycles. The predicted octanol–water partition coefficient (Wildman–Crippen LogP) is 3.59. The van der Waals surface area contributed by atoms with Crippen LogP contribution in [0.5, 0.6) is 5.75 Å². The Hall–Kier alpha value is -2.29. The summed E-state index contributed by atoms with van der Waals surface area (Å²) in [6, 6.07) is 19.2. The zero-order valence-electron chi connectivity index (χ0n) is 11.3. The highest BCUT2D eigenvalue weighted by molar-refractivity contribution is 5.69. The summed E-state index contributed by atoms with van der Waals surface area (Å²) < 4.78 is 10.7. The summed E-state index contributed by atoms with van der Waals surface area (Å²) in [5.74, 6) is 0.635. The van der Waals surface area contributed by atoms with Crippen molar-refractivity contribution in [2.45, 2.75) is 19.4 Å². The van der Waals surface area contributed by atoms with Crippen LogP contribution in [0.25, 0.3) is 0 Å². The fraction of sp³-hybridized carbons (Fsp3) is 0.235. The van der Waals surface area contributed by atoms with Crippen LogP contribution in [0.1, 0.15) is 18.4 Å². The summed E-state index contributed by atoms with van der Waals surface area (Å²) in [7, 11) is 0. The van der Waals surface area contributed by atoms with Crippen LogP contribution in [0, 0.1) is 0 Å². The first kappa shape index (κ1) is 14.1. The summed E-state index contributed by atoms with van der Waals surface area (Å²) in [5, 5.41) is 0. The molecule has 0 amide bonds. The third-order valence-corrected chi connectivity index (χ3v) is 2.78. The van der Waals surface area contributed by atoms with Gasteiger partial charge < -0.3 is 9.47 Å². The zero-order chi connectivity index (χ0) is 14.0. The van der Waals surface area contributed by atoms with Crippen molar-refractivity contribution >= 4 is 5.97 Å². The van der Waals surface area contributed by atoms with Gasteiger partial charge in [-0.25, -0.2) is 0 Å². The molecule has 0 heterocycles. The number of benzene rings is 2. The minimum absolute atomic E-state index is 0.189. The van der Waals surface area contributed by atoms with Gasteiger partial charge in [0.2, 0.25) is 0 Å². The van der Waals surface area contributed by atoms with Crippen molar-refractivity contribution in [3.63, 3.8) is 0 Å². The largest absolute Gasteiger partial charge is 0.494 e. The molecule has 20 heavy (non-hydrogen) atoms. The molecule has 0 N–H and O–H groups in total. The van der Waals surface area contributed by atoms with E-state index in [0.29, 0.717) is 26.1 Å². The molecular formula is C17H18O3. The maximum Gasteiger partial charge on any atom is 0.306 e. The molecule has 0 spiro atoms. The fourth-order valence-electron chi connectivity index (χ4n) is 1.73. The standard InChI is InChI=1S/C17H18O3/c18-17(20-14-15-8-3-1-4-9-15)12-7-13-19-16-10-5-2-6-11-16/h1-6,8-11H,7,12-14H2. The van der Waals surface area contributed by atoms with Crippen molar-refractivity contribution in [1.82, 2.24) is 0 Å². The lowest BCUT2D eigenvalue weighted by Gasteiger charge is -2.06. The molecule has 0 aliphatic heterocycles. The molecular weight excluding hydrogens is 252 g/mol. The molecule has 104 valence electrons. The van der Waals surface area contributed by atoms with Crippen molar-refractivity contribution in [2.24, 2.45) is 0 Å². The molecule has 2 rings (SSSR count). The Morgan fingerprint density at radius 3 is 2.25 bits per heavy atom. The highest BCUT2D eigenvalue weighted by atomic mass is 16.5. The Kier molecular flexibility index (Phi) is 5.65. The maximum absolute atomic E-state index is 11.5. The van der Waals surface area contributed by atoms with E-state index in [2.05, 4.69) is 0 Å². The molecule has 3 heteroatoms. The van der Waals surface area contributed by atoms with Crippen LogP contribution >= 0.6 is 0 Å². The molecule has 2 aromatic carbocycles. The lowest BCUT2D eigenvalue weighted by Crippen LogP contribution is -2.07. The van der Waals surface area contributed by atoms with E-state index >= 15 is 0 Å². The van der Waals surface area contributed by atoms with Gasteiger partial charge in [0.05, 0.1) is 6.61 Å². The van der Waals surface area contributed by atoms with Gasteiger partial charge >= 0.3 is 5.97 Å². The molecule has 0 aliphatic carbocycles. The normalized spacial score (nSPS) is 10.0. The van der Waals surface area contributed by atoms with E-state index in [1.807, 2.05) is 60.7 Å². The molecule has 0 saturated heterocycles. The van der Waals surface area contributed by atoms with E-state index in [0.717, 1.165) is 11.3 Å². The molecule has 0 unspecified atom stereocenters. The molecule has 0 fully saturated rings. The first-order valence-electron chi connectivity index (χ1n) is 6.72. The topological polar surface area (TPSA) is 35.5 Å². The number of esters is 1. The van der Waals surface area contributed by atoms with E-state index < -0.39 is 0 Å². The Balaban J connectivity index is 1.59. The minimum atomic E-state index is -0.189. The van der Waals surface area contributed by atoms with Crippen molar-refractivity contribution in [3.8, 4) is 5.75 Å². The second-order valence-electron chi connectivity index (χ2n) is 4.41. The molecule has 0 radical (unpaired) electrons. The first-order valence-corrected chi connectivity index (χ1v) is 6.72. The average Bonchev–Trinajstić information content (AvgIpc) is 2.52. The number of carbonyl (C=O) groups excluding carboxylic acids is 1. The van der Waals surface area contributed by atoms with Gasteiger partial charge in [-0.2, -0.15) is 0 Å². The second-order valence-corrected chi connectivity index (χ2v) is 4.41. The quantitative estimate of drug-likeness (QED) is 0.569. The highest BCUT2D eigenvalue weighted by Gasteiger charge is 2.03. The molecule has 0 bridgehead atoms. The zero-order valence-corrected chi connectivity index (χ0v) is 11.3. The van der Waals surface area contributed by atoms with Crippen molar-refractivity contribution in [1.29, 1.82) is 0 Å². The monoisotopic (exact) mass is 270 g/mol. The molecule has 2 aromatic rings. The van der Waals surface area contributed by atoms with Gasteiger partial charge in [-0.3, -0.25) is 4.79 Å². The third-order valence-electron chi connectivity index (χ3n) is 2.78. The van der Waals surface area contributed by atoms with Crippen molar-refractivity contribution < 1.29 is 14.3 Å². The average molecular weight is 270 g/mol. The maximum atomic E-state index is 11.5. The Bertz CT molecular complexity index is 508. The van der Waals surface area contributed by atoms with Crippen molar-refractivity contribution in [2.75, 3.05) is 6.61 Å². The number of para-hydroxylation sites is 1. The van der Waals surface area contributed by atoms with E-state index in [1.165, 1.54) is 0 Å². The first-order chi connectivity index (χ1) is 9.84. The molecule has 3 nitrogen and oxygen atoms in total. The van der Waals surface area contributed by atoms with Gasteiger partial charge in [-0.1, -0.05) is 48.5 Å². The van der Waals surface area contributed by atoms with Crippen LogP contribution in [-0.2, 0) is 16.1 Å². The number of carbonyl (C=O) groups is 1. The Morgan fingerprint density at radius 1 is 0.900 bits per heavy atom. The Labute approximate surface area is 119 Å². The SMILES string of the molecule is O=C(CCCOc1ccccc1)OCc1ccccc1. The molecule has 0 atom stereocenters. The summed E-state index contributed by atoms with van der Waals surface area (Å²) >= 11 is 0. The van der Waals surface area contributed by atoms with Crippen LogP contribution in [-0.4, -0.2) is 12.6 Å². The van der Waals surface area contributed by atoms with E-state index in [9.17, 15) is 4.79 Å². The van der Waals surface area contributed by atoms with Crippen LogP contribution in [0.3, 0.4) is 0 Å². The summed E-state index contributed by atoms with van der Waals surface area (Å²) in [5.41, 5.74) is 1.00. The van der Waals surface area contributed by atoms with E-state index in [1.54, 1.807) is 0 Å². The van der Waals surface area contributed by atoms with Gasteiger partial charge in [-0.05, 0) is 24.1 Å². The number of ether oxygens (including phenoxy) is 2. The predicted molar refractivity (Wildman–Crippen MR) is 77.4 cm³/mol. The van der Waals surface area contributed by atoms with Gasteiger partial charge in [0, 0.05) is 6.42 Å². The van der Waals surface area contributed by atoms with Gasteiger partial charge in [0.1, 0.15) is 12.4 Å². The highest BCUT2D eigenvalue weighted by Crippen LogP contribution is 2.09. The Morgan fingerprint density at radius 2 is 1.55 bits per heavy atom. The van der Waals surface area contributed by atoms with E-state index in [-0.39, 0.29) is 5.97 Å². The smallest absolute Gasteiger partial charge is 0.306 e. The minimum Gasteiger partial charge on any atom is -0.494 e. The lowest BCUT2D eigenvalue weighted by molar-refractivity contribution is -0.145. The van der Waals surface area contributed by atoms with Crippen molar-refractivity contribution in [3.05, 3.63) is 66.2 Å². The summed E-state index contributed by atoms with van der Waals surface area (Å²) in [4.78, 5) is 11.5. The third kappa shape index (κ3) is 5.14. The van der Waals surface area contributed by atoms with Gasteiger partial charge in [-0.15, -0.1) is 0 Å². The summed E-state index contributed by atoms with van der Waals surface area (Å²) in [6.45, 7) is 0.851. The van der Waals surface area contributed by atoms with Crippen LogP contribution in [0.15, 0.2) is 60.7 Å². The fourth-order valence-corrected chi connectivity index (χ4v) is 1.73. The number of hydrogen-bond donors (Lipinski definition) is 0. The number of rotatable bonds is 7. The molecule has 0 aromatic heterocycles. The van der Waals surface area contributed by atoms with Gasteiger partial charge in [0.15, 0.2) is 0 Å². The second kappa shape index (κ2) is 8.00. The van der Waals surface area contributed by atoms with Crippen LogP contribution in [0.2, 0.25) is 0 Å². The number of hydrogen-bond acceptors (Lipinski definition) is 3. The van der Waals surface area contributed by atoms with Crippen LogP contribution in [0.4, 0.5) is 0 Å². The van der Waals surface area contributed by atoms with Crippen LogP contribution < -0.4 is 4.74 Å². The lowest BCUT2D eigenvalue weighted by atomic mass is 10.2. The van der Waals surface area contributed by atoms with E-state index in [4.69, 9.17) is 9.47 Å². The van der Waals surface area contributed by atoms with Gasteiger partial charge in [0.25, 0.3) is 0 Å². The molecule has 0 aliphatic rings.